The fourth-order valence-corrected chi connectivity index (χ4v) is 3.79. The van der Waals surface area contributed by atoms with Crippen molar-refractivity contribution in [2.45, 2.75) is 6.61 Å². The number of hydrogen-bond acceptors (Lipinski definition) is 6. The van der Waals surface area contributed by atoms with Crippen molar-refractivity contribution < 1.29 is 19.1 Å². The molecule has 9 nitrogen and oxygen atoms in total. The molecule has 166 valence electrons. The van der Waals surface area contributed by atoms with E-state index in [-0.39, 0.29) is 23.8 Å². The topological polar surface area (TPSA) is 153 Å². The summed E-state index contributed by atoms with van der Waals surface area (Å²) in [5.41, 5.74) is 13.7. The summed E-state index contributed by atoms with van der Waals surface area (Å²) in [7, 11) is 0. The van der Waals surface area contributed by atoms with Crippen LogP contribution in [-0.4, -0.2) is 27.7 Å². The Hall–Kier alpha value is -4.44. The Morgan fingerprint density at radius 3 is 2.61 bits per heavy atom. The van der Waals surface area contributed by atoms with Crippen molar-refractivity contribution >= 4 is 34.2 Å². The van der Waals surface area contributed by atoms with Crippen LogP contribution in [0.1, 0.15) is 36.8 Å². The van der Waals surface area contributed by atoms with E-state index in [0.29, 0.717) is 27.7 Å². The second kappa shape index (κ2) is 9.37. The van der Waals surface area contributed by atoms with E-state index < -0.39 is 11.8 Å². The number of nitrogens with two attached hydrogens (primary N) is 2. The van der Waals surface area contributed by atoms with Gasteiger partial charge in [-0.1, -0.05) is 24.3 Å². The molecule has 0 saturated heterocycles. The summed E-state index contributed by atoms with van der Waals surface area (Å²) < 4.78 is 5.73. The van der Waals surface area contributed by atoms with E-state index in [0.717, 1.165) is 5.56 Å². The number of aromatic amines is 1. The lowest BCUT2D eigenvalue weighted by molar-refractivity contribution is 0.0987. The van der Waals surface area contributed by atoms with Gasteiger partial charge in [-0.15, -0.1) is 11.3 Å². The molecule has 4 aromatic rings. The normalized spacial score (nSPS) is 10.5. The summed E-state index contributed by atoms with van der Waals surface area (Å²) in [6.45, 7) is 0.155. The molecule has 6 N–H and O–H groups in total. The minimum absolute atomic E-state index is 0.155. The Morgan fingerprint density at radius 1 is 1.03 bits per heavy atom. The highest BCUT2D eigenvalue weighted by Crippen LogP contribution is 2.26. The van der Waals surface area contributed by atoms with Gasteiger partial charge in [0.25, 0.3) is 17.7 Å². The number of nitrogens with zero attached hydrogens (tertiary/aromatic N) is 1. The van der Waals surface area contributed by atoms with Crippen molar-refractivity contribution in [2.75, 3.05) is 5.32 Å². The van der Waals surface area contributed by atoms with Crippen LogP contribution in [0.2, 0.25) is 0 Å². The fourth-order valence-electron chi connectivity index (χ4n) is 3.08. The number of amides is 3. The van der Waals surface area contributed by atoms with Gasteiger partial charge in [0.05, 0.1) is 11.3 Å². The Balaban J connectivity index is 1.42. The number of carbonyl (C=O) groups is 3. The second-order valence-corrected chi connectivity index (χ2v) is 7.87. The lowest BCUT2D eigenvalue weighted by Gasteiger charge is -2.10. The third kappa shape index (κ3) is 5.08. The first-order valence-electron chi connectivity index (χ1n) is 9.77. The molecule has 3 amide bonds. The third-order valence-corrected chi connectivity index (χ3v) is 5.46. The molecule has 0 saturated carbocycles. The average Bonchev–Trinajstić information content (AvgIpc) is 3.48. The van der Waals surface area contributed by atoms with Crippen LogP contribution in [-0.2, 0) is 6.61 Å². The summed E-state index contributed by atoms with van der Waals surface area (Å²) in [4.78, 5) is 42.7. The summed E-state index contributed by atoms with van der Waals surface area (Å²) in [5, 5.41) is 4.95. The third-order valence-electron chi connectivity index (χ3n) is 4.70. The van der Waals surface area contributed by atoms with Gasteiger partial charge in [-0.05, 0) is 35.9 Å². The van der Waals surface area contributed by atoms with Crippen LogP contribution in [0.25, 0.3) is 11.3 Å². The molecule has 0 atom stereocenters. The van der Waals surface area contributed by atoms with Crippen molar-refractivity contribution in [2.24, 2.45) is 11.5 Å². The molecule has 2 aromatic heterocycles. The second-order valence-electron chi connectivity index (χ2n) is 7.01. The molecular weight excluding hydrogens is 442 g/mol. The molecule has 0 fully saturated rings. The highest BCUT2D eigenvalue weighted by molar-refractivity contribution is 7.14. The van der Waals surface area contributed by atoms with E-state index in [1.807, 2.05) is 6.07 Å². The zero-order chi connectivity index (χ0) is 23.4. The van der Waals surface area contributed by atoms with Gasteiger partial charge in [0, 0.05) is 22.7 Å². The van der Waals surface area contributed by atoms with Gasteiger partial charge in [-0.3, -0.25) is 19.7 Å². The highest BCUT2D eigenvalue weighted by atomic mass is 32.1. The van der Waals surface area contributed by atoms with Crippen LogP contribution < -0.4 is 21.5 Å². The maximum absolute atomic E-state index is 12.7. The maximum atomic E-state index is 12.7. The number of primary amides is 2. The van der Waals surface area contributed by atoms with Crippen LogP contribution >= 0.6 is 11.3 Å². The van der Waals surface area contributed by atoms with Crippen LogP contribution in [0.4, 0.5) is 5.13 Å². The maximum Gasteiger partial charge on any atom is 0.265 e. The number of para-hydroxylation sites is 1. The molecule has 0 aliphatic heterocycles. The van der Waals surface area contributed by atoms with Gasteiger partial charge in [0.15, 0.2) is 5.13 Å². The van der Waals surface area contributed by atoms with Crippen LogP contribution in [0, 0.1) is 0 Å². The van der Waals surface area contributed by atoms with Gasteiger partial charge in [0.1, 0.15) is 18.1 Å². The largest absolute Gasteiger partial charge is 0.488 e. The molecule has 33 heavy (non-hydrogen) atoms. The monoisotopic (exact) mass is 461 g/mol. The number of rotatable bonds is 8. The van der Waals surface area contributed by atoms with E-state index in [2.05, 4.69) is 15.3 Å². The first-order valence-corrected chi connectivity index (χ1v) is 10.6. The van der Waals surface area contributed by atoms with Crippen molar-refractivity contribution in [1.29, 1.82) is 0 Å². The summed E-state index contributed by atoms with van der Waals surface area (Å²) in [5.74, 6) is -1.10. The van der Waals surface area contributed by atoms with Crippen molar-refractivity contribution in [3.8, 4) is 17.0 Å². The minimum atomic E-state index is -0.577. The fraction of sp³-hybridized carbons (Fsp3) is 0.0435. The first kappa shape index (κ1) is 21.8. The molecule has 10 heteroatoms. The minimum Gasteiger partial charge on any atom is -0.488 e. The van der Waals surface area contributed by atoms with E-state index in [1.54, 1.807) is 60.1 Å². The van der Waals surface area contributed by atoms with Gasteiger partial charge in [-0.2, -0.15) is 0 Å². The van der Waals surface area contributed by atoms with Crippen molar-refractivity contribution in [1.82, 2.24) is 9.97 Å². The number of nitrogens with one attached hydrogen (secondary N) is 2. The van der Waals surface area contributed by atoms with Gasteiger partial charge >= 0.3 is 0 Å². The Kier molecular flexibility index (Phi) is 6.18. The molecule has 0 aliphatic rings. The zero-order valence-electron chi connectivity index (χ0n) is 17.2. The Morgan fingerprint density at radius 2 is 1.85 bits per heavy atom. The van der Waals surface area contributed by atoms with Gasteiger partial charge in [-0.25, -0.2) is 4.98 Å². The van der Waals surface area contributed by atoms with Gasteiger partial charge < -0.3 is 21.2 Å². The van der Waals surface area contributed by atoms with Crippen LogP contribution in [0.3, 0.4) is 0 Å². The number of H-pyrrole nitrogens is 1. The molecule has 0 aliphatic carbocycles. The predicted octanol–water partition coefficient (Wildman–Crippen LogP) is 3.17. The molecule has 0 spiro atoms. The zero-order valence-corrected chi connectivity index (χ0v) is 18.0. The molecule has 0 bridgehead atoms. The molecular formula is C23H19N5O4S. The lowest BCUT2D eigenvalue weighted by Crippen LogP contribution is -2.13. The molecule has 2 heterocycles. The SMILES string of the molecule is NC(=O)c1cc(-c2csc(NC(=O)c3cccc(COc4ccccc4C(N)=O)c3)n2)c[nH]1. The van der Waals surface area contributed by atoms with E-state index in [9.17, 15) is 14.4 Å². The first-order chi connectivity index (χ1) is 15.9. The van der Waals surface area contributed by atoms with E-state index >= 15 is 0 Å². The van der Waals surface area contributed by atoms with Gasteiger partial charge in [0.2, 0.25) is 0 Å². The molecule has 0 unspecified atom stereocenters. The van der Waals surface area contributed by atoms with Crippen molar-refractivity contribution in [3.05, 3.63) is 88.6 Å². The number of carbonyl (C=O) groups excluding carboxylic acids is 3. The smallest absolute Gasteiger partial charge is 0.265 e. The number of hydrogen-bond donors (Lipinski definition) is 4. The predicted molar refractivity (Wildman–Crippen MR) is 124 cm³/mol. The number of anilines is 1. The Labute approximate surface area is 192 Å². The summed E-state index contributed by atoms with van der Waals surface area (Å²) in [6.07, 6.45) is 1.63. The lowest BCUT2D eigenvalue weighted by atomic mass is 10.1. The van der Waals surface area contributed by atoms with Crippen molar-refractivity contribution in [3.63, 3.8) is 0 Å². The average molecular weight is 462 g/mol. The summed E-state index contributed by atoms with van der Waals surface area (Å²) in [6, 6.07) is 15.2. The highest BCUT2D eigenvalue weighted by Gasteiger charge is 2.13. The number of benzene rings is 2. The molecule has 2 aromatic carbocycles. The standard InChI is InChI=1S/C23H19N5O4S/c24-20(29)16-6-1-2-7-19(16)32-11-13-4-3-5-14(8-13)22(31)28-23-27-18(12-33-23)15-9-17(21(25)30)26-10-15/h1-10,12,26H,11H2,(H2,24,29)(H2,25,30)(H,27,28,31). The van der Waals surface area contributed by atoms with Crippen LogP contribution in [0.5, 0.6) is 5.75 Å². The quantitative estimate of drug-likeness (QED) is 0.317. The number of aromatic nitrogens is 2. The summed E-state index contributed by atoms with van der Waals surface area (Å²) >= 11 is 1.26. The van der Waals surface area contributed by atoms with E-state index in [4.69, 9.17) is 16.2 Å². The van der Waals surface area contributed by atoms with E-state index in [1.165, 1.54) is 11.3 Å². The number of thiazole rings is 1. The Bertz CT molecular complexity index is 1340. The molecule has 0 radical (unpaired) electrons. The molecule has 4 rings (SSSR count). The van der Waals surface area contributed by atoms with Crippen LogP contribution in [0.15, 0.2) is 66.2 Å². The number of ether oxygens (including phenoxy) is 1.